The Hall–Kier alpha value is -4.39. The Bertz CT molecular complexity index is 2160. The van der Waals surface area contributed by atoms with Gasteiger partial charge in [-0.25, -0.2) is 23.1 Å². The number of nitrogens with zero attached hydrogens (tertiary/aromatic N) is 4. The van der Waals surface area contributed by atoms with Crippen LogP contribution in [0.1, 0.15) is 50.6 Å². The van der Waals surface area contributed by atoms with Crippen LogP contribution in [0.15, 0.2) is 88.4 Å². The topological polar surface area (TPSA) is 131 Å². The molecule has 0 aliphatic heterocycles. The standard InChI is InChI=1S/C34H34N6O4S2/c1-33(2,3)29-19-24(38-44-29)18-25(41)17-22-9-11-23(12-10-22)27-20-40-28-13-14-30(37-31(28)45-32(40)36-27)35-21-34(15-16-34)39-46(42,43)26-7-5-4-6-8-26/h4-14,19-20,39H,15-18,21H2,1-3H3,(H,35,37). The monoisotopic (exact) mass is 654 g/mol. The van der Waals surface area contributed by atoms with Crippen LogP contribution in [-0.4, -0.2) is 45.8 Å². The quantitative estimate of drug-likeness (QED) is 0.170. The first-order valence-electron chi connectivity index (χ1n) is 15.2. The summed E-state index contributed by atoms with van der Waals surface area (Å²) in [6.45, 7) is 6.60. The second kappa shape index (κ2) is 11.4. The van der Waals surface area contributed by atoms with E-state index in [1.165, 1.54) is 11.3 Å². The van der Waals surface area contributed by atoms with Crippen molar-refractivity contribution in [2.24, 2.45) is 0 Å². The van der Waals surface area contributed by atoms with Crippen LogP contribution >= 0.6 is 11.3 Å². The van der Waals surface area contributed by atoms with E-state index in [1.807, 2.05) is 73.8 Å². The number of fused-ring (bicyclic) bond motifs is 3. The molecule has 4 heterocycles. The molecule has 0 unspecified atom stereocenters. The summed E-state index contributed by atoms with van der Waals surface area (Å²) in [6, 6.07) is 22.1. The molecule has 6 aromatic rings. The van der Waals surface area contributed by atoms with Crippen molar-refractivity contribution in [3.05, 3.63) is 96.0 Å². The Morgan fingerprint density at radius 2 is 1.76 bits per heavy atom. The number of hydrogen-bond acceptors (Lipinski definition) is 9. The number of rotatable bonds is 11. The van der Waals surface area contributed by atoms with Crippen molar-refractivity contribution in [3.8, 4) is 11.3 Å². The van der Waals surface area contributed by atoms with Crippen LogP contribution in [-0.2, 0) is 33.1 Å². The summed E-state index contributed by atoms with van der Waals surface area (Å²) in [5.41, 5.74) is 3.68. The molecule has 12 heteroatoms. The van der Waals surface area contributed by atoms with Gasteiger partial charge in [-0.2, -0.15) is 0 Å². The number of benzene rings is 2. The summed E-state index contributed by atoms with van der Waals surface area (Å²) in [7, 11) is -3.60. The molecule has 0 radical (unpaired) electrons. The Kier molecular flexibility index (Phi) is 7.53. The Morgan fingerprint density at radius 1 is 1.00 bits per heavy atom. The molecule has 236 valence electrons. The fraction of sp³-hybridized carbons (Fsp3) is 0.294. The zero-order valence-corrected chi connectivity index (χ0v) is 27.4. The lowest BCUT2D eigenvalue weighted by molar-refractivity contribution is -0.117. The SMILES string of the molecule is CC(C)(C)c1cc(CC(=O)Cc2ccc(-c3cn4c(n3)sc3nc(NCC5(NS(=O)(=O)c6ccccc6)CC5)ccc34)cc2)no1. The lowest BCUT2D eigenvalue weighted by Gasteiger charge is -2.18. The fourth-order valence-electron chi connectivity index (χ4n) is 5.33. The van der Waals surface area contributed by atoms with Crippen LogP contribution in [0, 0.1) is 0 Å². The van der Waals surface area contributed by atoms with Gasteiger partial charge in [0, 0.05) is 36.2 Å². The number of Topliss-reactive ketones (excluding diaryl/α,β-unsaturated/α-hetero) is 1. The molecule has 46 heavy (non-hydrogen) atoms. The first-order valence-corrected chi connectivity index (χ1v) is 17.5. The third kappa shape index (κ3) is 6.33. The molecular formula is C34H34N6O4S2. The van der Waals surface area contributed by atoms with Gasteiger partial charge in [-0.1, -0.05) is 79.7 Å². The molecule has 10 nitrogen and oxygen atoms in total. The van der Waals surface area contributed by atoms with Crippen molar-refractivity contribution >= 4 is 48.3 Å². The van der Waals surface area contributed by atoms with Gasteiger partial charge in [0.15, 0.2) is 4.96 Å². The van der Waals surface area contributed by atoms with Crippen LogP contribution in [0.2, 0.25) is 0 Å². The average Bonchev–Trinajstić information content (AvgIpc) is 3.32. The van der Waals surface area contributed by atoms with E-state index in [1.54, 1.807) is 30.3 Å². The molecule has 1 fully saturated rings. The van der Waals surface area contributed by atoms with Crippen LogP contribution in [0.3, 0.4) is 0 Å². The van der Waals surface area contributed by atoms with Gasteiger partial charge in [-0.15, -0.1) is 0 Å². The fourth-order valence-corrected chi connectivity index (χ4v) is 7.79. The van der Waals surface area contributed by atoms with E-state index < -0.39 is 15.6 Å². The van der Waals surface area contributed by atoms with Crippen molar-refractivity contribution in [2.45, 2.75) is 62.3 Å². The molecule has 0 amide bonds. The van der Waals surface area contributed by atoms with Gasteiger partial charge in [0.05, 0.1) is 33.8 Å². The van der Waals surface area contributed by atoms with E-state index in [4.69, 9.17) is 14.5 Å². The molecule has 0 spiro atoms. The minimum atomic E-state index is -3.60. The van der Waals surface area contributed by atoms with Crippen molar-refractivity contribution in [1.29, 1.82) is 0 Å². The highest BCUT2D eigenvalue weighted by Crippen LogP contribution is 2.37. The molecule has 7 rings (SSSR count). The highest BCUT2D eigenvalue weighted by molar-refractivity contribution is 7.89. The second-order valence-electron chi connectivity index (χ2n) is 13.0. The van der Waals surface area contributed by atoms with E-state index >= 15 is 0 Å². The molecule has 0 saturated heterocycles. The van der Waals surface area contributed by atoms with Crippen LogP contribution in [0.4, 0.5) is 5.82 Å². The normalized spacial score (nSPS) is 14.6. The third-order valence-corrected chi connectivity index (χ3v) is 10.7. The predicted molar refractivity (Wildman–Crippen MR) is 179 cm³/mol. The van der Waals surface area contributed by atoms with Gasteiger partial charge in [0.2, 0.25) is 10.0 Å². The number of carbonyl (C=O) groups is 1. The number of pyridine rings is 1. The van der Waals surface area contributed by atoms with E-state index in [9.17, 15) is 13.2 Å². The van der Waals surface area contributed by atoms with Gasteiger partial charge >= 0.3 is 0 Å². The summed E-state index contributed by atoms with van der Waals surface area (Å²) in [5, 5.41) is 7.40. The van der Waals surface area contributed by atoms with Gasteiger partial charge < -0.3 is 9.84 Å². The van der Waals surface area contributed by atoms with E-state index in [2.05, 4.69) is 15.2 Å². The van der Waals surface area contributed by atoms with Crippen molar-refractivity contribution in [2.75, 3.05) is 11.9 Å². The Balaban J connectivity index is 0.990. The molecule has 0 bridgehead atoms. The maximum atomic E-state index is 12.8. The first-order chi connectivity index (χ1) is 22.0. The van der Waals surface area contributed by atoms with Gasteiger partial charge in [0.25, 0.3) is 0 Å². The van der Waals surface area contributed by atoms with Gasteiger partial charge in [-0.05, 0) is 42.7 Å². The maximum Gasteiger partial charge on any atom is 0.241 e. The molecule has 2 aromatic carbocycles. The van der Waals surface area contributed by atoms with E-state index in [0.717, 1.165) is 50.7 Å². The minimum Gasteiger partial charge on any atom is -0.368 e. The van der Waals surface area contributed by atoms with Crippen LogP contribution in [0.25, 0.3) is 26.6 Å². The molecular weight excluding hydrogens is 621 g/mol. The molecule has 1 aliphatic rings. The number of anilines is 1. The van der Waals surface area contributed by atoms with Gasteiger partial charge in [-0.3, -0.25) is 9.20 Å². The van der Waals surface area contributed by atoms with Crippen LogP contribution < -0.4 is 10.0 Å². The average molecular weight is 655 g/mol. The highest BCUT2D eigenvalue weighted by atomic mass is 32.2. The number of carbonyl (C=O) groups excluding carboxylic acids is 1. The number of aromatic nitrogens is 4. The first kappa shape index (κ1) is 30.3. The van der Waals surface area contributed by atoms with Crippen molar-refractivity contribution < 1.29 is 17.7 Å². The number of nitrogens with one attached hydrogen (secondary N) is 2. The molecule has 1 saturated carbocycles. The number of ketones is 1. The van der Waals surface area contributed by atoms with Gasteiger partial charge in [0.1, 0.15) is 22.2 Å². The predicted octanol–water partition coefficient (Wildman–Crippen LogP) is 6.17. The summed E-state index contributed by atoms with van der Waals surface area (Å²) < 4.78 is 36.0. The zero-order valence-electron chi connectivity index (χ0n) is 25.8. The van der Waals surface area contributed by atoms with E-state index in [0.29, 0.717) is 24.5 Å². The van der Waals surface area contributed by atoms with E-state index in [-0.39, 0.29) is 22.5 Å². The molecule has 2 N–H and O–H groups in total. The number of hydrogen-bond donors (Lipinski definition) is 2. The molecule has 4 aromatic heterocycles. The summed E-state index contributed by atoms with van der Waals surface area (Å²) >= 11 is 1.49. The van der Waals surface area contributed by atoms with Crippen molar-refractivity contribution in [1.82, 2.24) is 24.2 Å². The largest absolute Gasteiger partial charge is 0.368 e. The molecule has 1 aliphatic carbocycles. The lowest BCUT2D eigenvalue weighted by atomic mass is 9.93. The summed E-state index contributed by atoms with van der Waals surface area (Å²) in [4.78, 5) is 24.2. The van der Waals surface area contributed by atoms with Crippen molar-refractivity contribution in [3.63, 3.8) is 0 Å². The Morgan fingerprint density at radius 3 is 2.46 bits per heavy atom. The summed E-state index contributed by atoms with van der Waals surface area (Å²) in [5.74, 6) is 1.54. The van der Waals surface area contributed by atoms with Crippen LogP contribution in [0.5, 0.6) is 0 Å². The second-order valence-corrected chi connectivity index (χ2v) is 15.6. The highest BCUT2D eigenvalue weighted by Gasteiger charge is 2.46. The molecule has 0 atom stereocenters. The number of thiazole rings is 1. The maximum absolute atomic E-state index is 12.8. The minimum absolute atomic E-state index is 0.0811. The number of imidazole rings is 1. The third-order valence-electron chi connectivity index (χ3n) is 8.15. The Labute approximate surface area is 270 Å². The number of sulfonamides is 1. The lowest BCUT2D eigenvalue weighted by Crippen LogP contribution is -2.41. The summed E-state index contributed by atoms with van der Waals surface area (Å²) in [6.07, 6.45) is 4.09. The smallest absolute Gasteiger partial charge is 0.241 e. The zero-order chi connectivity index (χ0) is 32.1.